The molecule has 0 aliphatic carbocycles. The van der Waals surface area contributed by atoms with Gasteiger partial charge >= 0.3 is 0 Å². The van der Waals surface area contributed by atoms with Gasteiger partial charge in [-0.1, -0.05) is 66.5 Å². The zero-order valence-corrected chi connectivity index (χ0v) is 26.5. The van der Waals surface area contributed by atoms with Crippen molar-refractivity contribution >= 4 is 50.7 Å². The fraction of sp³-hybridized carbons (Fsp3) is 0.355. The second-order valence-corrected chi connectivity index (χ2v) is 12.7. The number of carbonyl (C=O) groups excluding carboxylic acids is 2. The van der Waals surface area contributed by atoms with Gasteiger partial charge in [-0.3, -0.25) is 13.9 Å². The van der Waals surface area contributed by atoms with E-state index in [1.165, 1.54) is 4.90 Å². The molecule has 42 heavy (non-hydrogen) atoms. The summed E-state index contributed by atoms with van der Waals surface area (Å²) >= 11 is 13.0. The monoisotopic (exact) mass is 633 g/mol. The maximum atomic E-state index is 14.2. The maximum Gasteiger partial charge on any atom is 0.244 e. The van der Waals surface area contributed by atoms with Crippen molar-refractivity contribution < 1.29 is 22.7 Å². The van der Waals surface area contributed by atoms with Gasteiger partial charge in [-0.15, -0.1) is 0 Å². The number of nitrogens with zero attached hydrogens (tertiary/aromatic N) is 2. The van der Waals surface area contributed by atoms with Crippen LogP contribution in [0.2, 0.25) is 10.0 Å². The molecule has 0 aliphatic rings. The number of halogens is 2. The van der Waals surface area contributed by atoms with Crippen LogP contribution in [0.1, 0.15) is 38.3 Å². The Morgan fingerprint density at radius 1 is 0.929 bits per heavy atom. The van der Waals surface area contributed by atoms with E-state index in [0.717, 1.165) is 16.1 Å². The zero-order valence-electron chi connectivity index (χ0n) is 24.2. The van der Waals surface area contributed by atoms with Crippen LogP contribution in [-0.4, -0.2) is 56.6 Å². The summed E-state index contributed by atoms with van der Waals surface area (Å²) in [7, 11) is -3.90. The molecule has 0 aliphatic heterocycles. The zero-order chi connectivity index (χ0) is 30.9. The fourth-order valence-corrected chi connectivity index (χ4v) is 5.70. The van der Waals surface area contributed by atoms with Crippen molar-refractivity contribution in [3.63, 3.8) is 0 Å². The van der Waals surface area contributed by atoms with Crippen molar-refractivity contribution in [3.05, 3.63) is 94.0 Å². The second-order valence-electron chi connectivity index (χ2n) is 9.94. The molecule has 2 atom stereocenters. The summed E-state index contributed by atoms with van der Waals surface area (Å²) in [5.74, 6) is -0.386. The quantitative estimate of drug-likeness (QED) is 0.245. The Bertz CT molecular complexity index is 1430. The van der Waals surface area contributed by atoms with Gasteiger partial charge in [0.15, 0.2) is 0 Å². The molecule has 3 aromatic rings. The molecule has 226 valence electrons. The number of carbonyl (C=O) groups is 2. The molecular formula is C31H37Cl2N3O5S. The highest BCUT2D eigenvalue weighted by Crippen LogP contribution is 2.28. The molecule has 0 fully saturated rings. The van der Waals surface area contributed by atoms with Gasteiger partial charge in [-0.25, -0.2) is 8.42 Å². The first-order chi connectivity index (χ1) is 19.9. The van der Waals surface area contributed by atoms with Gasteiger partial charge in [0.2, 0.25) is 21.8 Å². The van der Waals surface area contributed by atoms with Gasteiger partial charge in [-0.2, -0.15) is 0 Å². The van der Waals surface area contributed by atoms with E-state index in [2.05, 4.69) is 5.32 Å². The smallest absolute Gasteiger partial charge is 0.244 e. The molecule has 2 unspecified atom stereocenters. The van der Waals surface area contributed by atoms with Gasteiger partial charge in [-0.05, 0) is 62.2 Å². The molecular weight excluding hydrogens is 597 g/mol. The van der Waals surface area contributed by atoms with E-state index >= 15 is 0 Å². The lowest BCUT2D eigenvalue weighted by Crippen LogP contribution is -2.54. The van der Waals surface area contributed by atoms with Gasteiger partial charge in [0.1, 0.15) is 18.3 Å². The van der Waals surface area contributed by atoms with E-state index in [1.807, 2.05) is 51.1 Å². The molecule has 0 aromatic heterocycles. The summed E-state index contributed by atoms with van der Waals surface area (Å²) in [4.78, 5) is 29.3. The lowest BCUT2D eigenvalue weighted by molar-refractivity contribution is -0.140. The highest BCUT2D eigenvalue weighted by atomic mass is 35.5. The minimum atomic E-state index is -3.90. The largest absolute Gasteiger partial charge is 0.494 e. The SMILES string of the molecule is CCOc1ccc(N(CC(=O)N(Cc2c(Cl)cccc2Cl)C(Cc2ccccc2)C(=O)NC(C)CC)S(C)(=O)=O)cc1. The highest BCUT2D eigenvalue weighted by molar-refractivity contribution is 7.92. The van der Waals surface area contributed by atoms with Crippen molar-refractivity contribution in [1.29, 1.82) is 0 Å². The molecule has 0 saturated heterocycles. The van der Waals surface area contributed by atoms with Crippen LogP contribution in [0.4, 0.5) is 5.69 Å². The van der Waals surface area contributed by atoms with E-state index in [-0.39, 0.29) is 30.6 Å². The summed E-state index contributed by atoms with van der Waals surface area (Å²) in [5, 5.41) is 3.64. The van der Waals surface area contributed by atoms with Crippen molar-refractivity contribution in [2.45, 2.75) is 52.2 Å². The third-order valence-corrected chi connectivity index (χ3v) is 8.63. The van der Waals surface area contributed by atoms with Crippen molar-refractivity contribution in [1.82, 2.24) is 10.2 Å². The van der Waals surface area contributed by atoms with Gasteiger partial charge in [0.05, 0.1) is 18.6 Å². The minimum Gasteiger partial charge on any atom is -0.494 e. The van der Waals surface area contributed by atoms with Gasteiger partial charge in [0, 0.05) is 34.6 Å². The average Bonchev–Trinajstić information content (AvgIpc) is 2.95. The Kier molecular flexibility index (Phi) is 12.1. The molecule has 0 radical (unpaired) electrons. The van der Waals surface area contributed by atoms with Crippen molar-refractivity contribution in [3.8, 4) is 5.75 Å². The Balaban J connectivity index is 2.08. The van der Waals surface area contributed by atoms with Crippen LogP contribution >= 0.6 is 23.2 Å². The molecule has 2 amide bonds. The maximum absolute atomic E-state index is 14.2. The van der Waals surface area contributed by atoms with Crippen LogP contribution in [0.5, 0.6) is 5.75 Å². The molecule has 0 saturated carbocycles. The topological polar surface area (TPSA) is 96.0 Å². The summed E-state index contributed by atoms with van der Waals surface area (Å²) < 4.78 is 32.4. The summed E-state index contributed by atoms with van der Waals surface area (Å²) in [6.45, 7) is 5.48. The number of hydrogen-bond acceptors (Lipinski definition) is 5. The Labute approximate surface area is 258 Å². The third-order valence-electron chi connectivity index (χ3n) is 6.78. The third kappa shape index (κ3) is 9.11. The molecule has 0 bridgehead atoms. The Hall–Kier alpha value is -3.27. The molecule has 3 aromatic carbocycles. The standard InChI is InChI=1S/C31H37Cl2N3O5S/c1-5-22(3)34-31(38)29(19-23-11-8-7-9-12-23)35(20-26-27(32)13-10-14-28(26)33)30(37)21-36(42(4,39)40)24-15-17-25(18-16-24)41-6-2/h7-18,22,29H,5-6,19-21H2,1-4H3,(H,34,38). The lowest BCUT2D eigenvalue weighted by atomic mass is 10.0. The van der Waals surface area contributed by atoms with Gasteiger partial charge < -0.3 is 15.0 Å². The van der Waals surface area contributed by atoms with Crippen molar-refractivity contribution in [2.24, 2.45) is 0 Å². The molecule has 11 heteroatoms. The van der Waals surface area contributed by atoms with Crippen LogP contribution in [0.3, 0.4) is 0 Å². The summed E-state index contributed by atoms with van der Waals surface area (Å²) in [6, 6.07) is 19.6. The predicted molar refractivity (Wildman–Crippen MR) is 169 cm³/mol. The van der Waals surface area contributed by atoms with E-state index in [4.69, 9.17) is 27.9 Å². The first-order valence-corrected chi connectivity index (χ1v) is 16.3. The van der Waals surface area contributed by atoms with Crippen LogP contribution < -0.4 is 14.4 Å². The summed E-state index contributed by atoms with van der Waals surface area (Å²) in [5.41, 5.74) is 1.57. The first kappa shape index (κ1) is 33.2. The lowest BCUT2D eigenvalue weighted by Gasteiger charge is -2.34. The average molecular weight is 635 g/mol. The molecule has 0 spiro atoms. The Morgan fingerprint density at radius 3 is 2.10 bits per heavy atom. The number of benzene rings is 3. The molecule has 1 N–H and O–H groups in total. The number of rotatable bonds is 14. The number of sulfonamides is 1. The minimum absolute atomic E-state index is 0.107. The Morgan fingerprint density at radius 2 is 1.55 bits per heavy atom. The highest BCUT2D eigenvalue weighted by Gasteiger charge is 2.34. The van der Waals surface area contributed by atoms with Crippen LogP contribution in [0.25, 0.3) is 0 Å². The van der Waals surface area contributed by atoms with Gasteiger partial charge in [0.25, 0.3) is 0 Å². The number of anilines is 1. The van der Waals surface area contributed by atoms with E-state index in [9.17, 15) is 18.0 Å². The summed E-state index contributed by atoms with van der Waals surface area (Å²) in [6.07, 6.45) is 1.91. The fourth-order valence-electron chi connectivity index (χ4n) is 4.34. The van der Waals surface area contributed by atoms with Crippen LogP contribution in [0.15, 0.2) is 72.8 Å². The van der Waals surface area contributed by atoms with E-state index in [0.29, 0.717) is 34.4 Å². The number of ether oxygens (including phenoxy) is 1. The molecule has 3 rings (SSSR count). The number of hydrogen-bond donors (Lipinski definition) is 1. The first-order valence-electron chi connectivity index (χ1n) is 13.7. The predicted octanol–water partition coefficient (Wildman–Crippen LogP) is 5.71. The van der Waals surface area contributed by atoms with Crippen LogP contribution in [-0.2, 0) is 32.6 Å². The van der Waals surface area contributed by atoms with Crippen molar-refractivity contribution in [2.75, 3.05) is 23.7 Å². The number of nitrogens with one attached hydrogen (secondary N) is 1. The van der Waals surface area contributed by atoms with Crippen LogP contribution in [0, 0.1) is 0 Å². The molecule has 0 heterocycles. The second kappa shape index (κ2) is 15.3. The normalized spacial score (nSPS) is 12.7. The van der Waals surface area contributed by atoms with E-state index < -0.39 is 28.5 Å². The number of amides is 2. The molecule has 8 nitrogen and oxygen atoms in total. The van der Waals surface area contributed by atoms with E-state index in [1.54, 1.807) is 42.5 Å².